The molecule has 0 heterocycles. The van der Waals surface area contributed by atoms with Gasteiger partial charge in [0.1, 0.15) is 5.82 Å². The van der Waals surface area contributed by atoms with Crippen LogP contribution in [0.4, 0.5) is 10.1 Å². The van der Waals surface area contributed by atoms with Crippen LogP contribution in [-0.2, 0) is 0 Å². The zero-order valence-corrected chi connectivity index (χ0v) is 11.0. The third-order valence-corrected chi connectivity index (χ3v) is 3.21. The summed E-state index contributed by atoms with van der Waals surface area (Å²) in [7, 11) is 1.98. The maximum atomic E-state index is 13.1. The van der Waals surface area contributed by atoms with Crippen LogP contribution in [0.25, 0.3) is 0 Å². The van der Waals surface area contributed by atoms with E-state index in [0.717, 1.165) is 25.1 Å². The Morgan fingerprint density at radius 3 is 2.65 bits per heavy atom. The predicted octanol–water partition coefficient (Wildman–Crippen LogP) is 3.03. The minimum atomic E-state index is -0.195. The number of nitrogens with two attached hydrogens (primary N) is 1. The second-order valence-electron chi connectivity index (χ2n) is 5.10. The third-order valence-electron chi connectivity index (χ3n) is 3.21. The molecule has 96 valence electrons. The van der Waals surface area contributed by atoms with Gasteiger partial charge in [-0.15, -0.1) is 0 Å². The van der Waals surface area contributed by atoms with E-state index < -0.39 is 0 Å². The van der Waals surface area contributed by atoms with E-state index in [4.69, 9.17) is 5.73 Å². The Balaban J connectivity index is 2.73. The maximum Gasteiger partial charge on any atom is 0.125 e. The molecular formula is C14H23FN2. The monoisotopic (exact) mass is 238 g/mol. The van der Waals surface area contributed by atoms with E-state index in [9.17, 15) is 4.39 Å². The number of hydrogen-bond donors (Lipinski definition) is 1. The summed E-state index contributed by atoms with van der Waals surface area (Å²) >= 11 is 0. The third kappa shape index (κ3) is 4.00. The van der Waals surface area contributed by atoms with Crippen LogP contribution in [0.1, 0.15) is 26.7 Å². The lowest BCUT2D eigenvalue weighted by atomic mass is 9.85. The predicted molar refractivity (Wildman–Crippen MR) is 71.7 cm³/mol. The van der Waals surface area contributed by atoms with Crippen molar-refractivity contribution in [1.82, 2.24) is 0 Å². The summed E-state index contributed by atoms with van der Waals surface area (Å²) in [5.41, 5.74) is 6.85. The highest BCUT2D eigenvalue weighted by atomic mass is 19.1. The van der Waals surface area contributed by atoms with E-state index in [1.807, 2.05) is 13.1 Å². The number of nitrogens with zero attached hydrogens (tertiary/aromatic N) is 1. The molecule has 0 amide bonds. The van der Waals surface area contributed by atoms with E-state index in [2.05, 4.69) is 18.7 Å². The van der Waals surface area contributed by atoms with Crippen molar-refractivity contribution in [3.05, 3.63) is 30.1 Å². The zero-order chi connectivity index (χ0) is 12.9. The van der Waals surface area contributed by atoms with Gasteiger partial charge in [0.2, 0.25) is 0 Å². The minimum Gasteiger partial charge on any atom is -0.374 e. The van der Waals surface area contributed by atoms with Crippen LogP contribution >= 0.6 is 0 Å². The molecule has 1 unspecified atom stereocenters. The quantitative estimate of drug-likeness (QED) is 0.825. The van der Waals surface area contributed by atoms with Crippen molar-refractivity contribution in [3.63, 3.8) is 0 Å². The molecule has 0 aliphatic heterocycles. The van der Waals surface area contributed by atoms with Crippen molar-refractivity contribution in [2.45, 2.75) is 26.7 Å². The van der Waals surface area contributed by atoms with Crippen molar-refractivity contribution >= 4 is 5.69 Å². The molecule has 0 aliphatic carbocycles. The molecule has 0 saturated carbocycles. The van der Waals surface area contributed by atoms with Gasteiger partial charge in [0.05, 0.1) is 0 Å². The van der Waals surface area contributed by atoms with Gasteiger partial charge < -0.3 is 10.6 Å². The lowest BCUT2D eigenvalue weighted by Crippen LogP contribution is -2.39. The van der Waals surface area contributed by atoms with Gasteiger partial charge in [-0.1, -0.05) is 26.3 Å². The highest BCUT2D eigenvalue weighted by molar-refractivity contribution is 5.45. The van der Waals surface area contributed by atoms with Crippen LogP contribution in [0.5, 0.6) is 0 Å². The Labute approximate surface area is 104 Å². The molecule has 0 spiro atoms. The van der Waals surface area contributed by atoms with Gasteiger partial charge in [0.15, 0.2) is 0 Å². The first-order valence-corrected chi connectivity index (χ1v) is 6.17. The van der Waals surface area contributed by atoms with Gasteiger partial charge in [-0.2, -0.15) is 0 Å². The summed E-state index contributed by atoms with van der Waals surface area (Å²) in [4.78, 5) is 2.08. The molecule has 1 aromatic rings. The molecule has 17 heavy (non-hydrogen) atoms. The average Bonchev–Trinajstić information content (AvgIpc) is 2.29. The van der Waals surface area contributed by atoms with E-state index >= 15 is 0 Å². The first kappa shape index (κ1) is 14.0. The highest BCUT2D eigenvalue weighted by Gasteiger charge is 2.23. The normalized spacial score (nSPS) is 14.4. The van der Waals surface area contributed by atoms with Gasteiger partial charge in [-0.25, -0.2) is 4.39 Å². The molecule has 0 radical (unpaired) electrons. The van der Waals surface area contributed by atoms with Gasteiger partial charge >= 0.3 is 0 Å². The molecule has 0 saturated heterocycles. The maximum absolute atomic E-state index is 13.1. The molecule has 1 rings (SSSR count). The molecule has 0 aromatic heterocycles. The summed E-state index contributed by atoms with van der Waals surface area (Å²) in [5, 5.41) is 0. The van der Waals surface area contributed by atoms with Crippen LogP contribution in [0.3, 0.4) is 0 Å². The Kier molecular flexibility index (Phi) is 4.94. The van der Waals surface area contributed by atoms with Crippen molar-refractivity contribution in [2.75, 3.05) is 25.0 Å². The Hall–Kier alpha value is -1.09. The zero-order valence-electron chi connectivity index (χ0n) is 11.0. The molecule has 1 atom stereocenters. The van der Waals surface area contributed by atoms with Crippen LogP contribution in [-0.4, -0.2) is 20.1 Å². The lowest BCUT2D eigenvalue weighted by molar-refractivity contribution is 0.311. The Morgan fingerprint density at radius 1 is 1.41 bits per heavy atom. The second-order valence-corrected chi connectivity index (χ2v) is 5.10. The smallest absolute Gasteiger partial charge is 0.125 e. The summed E-state index contributed by atoms with van der Waals surface area (Å²) in [6.45, 7) is 5.85. The summed E-state index contributed by atoms with van der Waals surface area (Å²) < 4.78 is 13.1. The van der Waals surface area contributed by atoms with Crippen LogP contribution in [0.15, 0.2) is 24.3 Å². The van der Waals surface area contributed by atoms with Gasteiger partial charge in [0, 0.05) is 19.3 Å². The highest BCUT2D eigenvalue weighted by Crippen LogP contribution is 2.25. The fourth-order valence-electron chi connectivity index (χ4n) is 2.23. The minimum absolute atomic E-state index is 0.0931. The van der Waals surface area contributed by atoms with Crippen molar-refractivity contribution < 1.29 is 4.39 Å². The van der Waals surface area contributed by atoms with Gasteiger partial charge in [-0.3, -0.25) is 0 Å². The second kappa shape index (κ2) is 6.01. The molecule has 1 aromatic carbocycles. The number of rotatable bonds is 6. The molecular weight excluding hydrogens is 215 g/mol. The van der Waals surface area contributed by atoms with E-state index in [0.29, 0.717) is 6.54 Å². The summed E-state index contributed by atoms with van der Waals surface area (Å²) in [6, 6.07) is 6.68. The van der Waals surface area contributed by atoms with Crippen molar-refractivity contribution in [2.24, 2.45) is 11.1 Å². The molecule has 3 heteroatoms. The molecule has 0 aliphatic rings. The number of anilines is 1. The van der Waals surface area contributed by atoms with Crippen molar-refractivity contribution in [1.29, 1.82) is 0 Å². The summed E-state index contributed by atoms with van der Waals surface area (Å²) in [6.07, 6.45) is 2.20. The number of halogens is 1. The first-order valence-electron chi connectivity index (χ1n) is 6.17. The van der Waals surface area contributed by atoms with E-state index in [1.54, 1.807) is 12.1 Å². The van der Waals surface area contributed by atoms with E-state index in [-0.39, 0.29) is 11.2 Å². The summed E-state index contributed by atoms with van der Waals surface area (Å²) in [5.74, 6) is -0.195. The van der Waals surface area contributed by atoms with Crippen LogP contribution in [0.2, 0.25) is 0 Å². The Bertz CT molecular complexity index is 354. The molecule has 0 bridgehead atoms. The largest absolute Gasteiger partial charge is 0.374 e. The fraction of sp³-hybridized carbons (Fsp3) is 0.571. The van der Waals surface area contributed by atoms with Gasteiger partial charge in [0.25, 0.3) is 0 Å². The fourth-order valence-corrected chi connectivity index (χ4v) is 2.23. The standard InChI is InChI=1S/C14H23FN2/c1-4-8-14(2,10-16)11-17(3)13-7-5-6-12(15)9-13/h5-7,9H,4,8,10-11,16H2,1-3H3. The van der Waals surface area contributed by atoms with Crippen LogP contribution < -0.4 is 10.6 Å². The molecule has 0 fully saturated rings. The molecule has 2 N–H and O–H groups in total. The van der Waals surface area contributed by atoms with Crippen LogP contribution in [0, 0.1) is 11.2 Å². The number of benzene rings is 1. The first-order chi connectivity index (χ1) is 8.00. The Morgan fingerprint density at radius 2 is 2.12 bits per heavy atom. The van der Waals surface area contributed by atoms with Gasteiger partial charge in [-0.05, 0) is 36.6 Å². The van der Waals surface area contributed by atoms with Crippen molar-refractivity contribution in [3.8, 4) is 0 Å². The topological polar surface area (TPSA) is 29.3 Å². The van der Waals surface area contributed by atoms with E-state index in [1.165, 1.54) is 6.07 Å². The molecule has 2 nitrogen and oxygen atoms in total. The SMILES string of the molecule is CCCC(C)(CN)CN(C)c1cccc(F)c1. The number of hydrogen-bond acceptors (Lipinski definition) is 2. The average molecular weight is 238 g/mol. The lowest BCUT2D eigenvalue weighted by Gasteiger charge is -2.33.